The van der Waals surface area contributed by atoms with Gasteiger partial charge in [-0.3, -0.25) is 4.79 Å². The van der Waals surface area contributed by atoms with Gasteiger partial charge in [0.05, 0.1) is 6.42 Å². The van der Waals surface area contributed by atoms with Gasteiger partial charge < -0.3 is 11.1 Å². The number of hydrogen-bond acceptors (Lipinski definition) is 2. The van der Waals surface area contributed by atoms with Crippen LogP contribution in [-0.4, -0.2) is 13.0 Å². The van der Waals surface area contributed by atoms with E-state index in [0.29, 0.717) is 6.42 Å². The number of allylic oxidation sites excluding steroid dienone is 3. The second-order valence-electron chi connectivity index (χ2n) is 2.78. The fourth-order valence-electron chi connectivity index (χ4n) is 1.01. The molecule has 0 rings (SSSR count). The van der Waals surface area contributed by atoms with Gasteiger partial charge in [0.1, 0.15) is 0 Å². The van der Waals surface area contributed by atoms with Crippen LogP contribution in [0.15, 0.2) is 23.4 Å². The van der Waals surface area contributed by atoms with Gasteiger partial charge in [0.15, 0.2) is 0 Å². The molecule has 1 amide bonds. The Bertz CT molecular complexity index is 223. The van der Waals surface area contributed by atoms with Gasteiger partial charge in [0.2, 0.25) is 5.91 Å². The van der Waals surface area contributed by atoms with E-state index in [4.69, 9.17) is 5.73 Å². The third-order valence-electron chi connectivity index (χ3n) is 1.81. The van der Waals surface area contributed by atoms with Crippen molar-refractivity contribution in [2.45, 2.75) is 26.7 Å². The molecule has 0 fully saturated rings. The molecule has 0 atom stereocenters. The Morgan fingerprint density at radius 3 is 2.46 bits per heavy atom. The molecule has 13 heavy (non-hydrogen) atoms. The zero-order valence-electron chi connectivity index (χ0n) is 8.55. The molecule has 3 heteroatoms. The summed E-state index contributed by atoms with van der Waals surface area (Å²) in [6, 6.07) is 0. The highest BCUT2D eigenvalue weighted by Gasteiger charge is 1.99. The lowest BCUT2D eigenvalue weighted by atomic mass is 10.1. The molecular weight excluding hydrogens is 164 g/mol. The van der Waals surface area contributed by atoms with Crippen LogP contribution in [-0.2, 0) is 4.79 Å². The first kappa shape index (κ1) is 11.8. The number of carbonyl (C=O) groups is 1. The second kappa shape index (κ2) is 6.29. The van der Waals surface area contributed by atoms with Crippen molar-refractivity contribution in [3.8, 4) is 0 Å². The average molecular weight is 182 g/mol. The van der Waals surface area contributed by atoms with Gasteiger partial charge in [-0.1, -0.05) is 13.0 Å². The Morgan fingerprint density at radius 2 is 2.15 bits per heavy atom. The first-order valence-electron chi connectivity index (χ1n) is 4.45. The Balaban J connectivity index is 4.43. The fourth-order valence-corrected chi connectivity index (χ4v) is 1.01. The molecule has 0 bridgehead atoms. The molecule has 0 aromatic rings. The normalized spacial score (nSPS) is 12.8. The number of rotatable bonds is 5. The number of hydrogen-bond donors (Lipinski definition) is 2. The molecule has 0 aliphatic heterocycles. The van der Waals surface area contributed by atoms with Crippen LogP contribution in [0.2, 0.25) is 0 Å². The molecule has 3 nitrogen and oxygen atoms in total. The van der Waals surface area contributed by atoms with Gasteiger partial charge in [0, 0.05) is 12.7 Å². The minimum atomic E-state index is -0.295. The monoisotopic (exact) mass is 182 g/mol. The third-order valence-corrected chi connectivity index (χ3v) is 1.81. The van der Waals surface area contributed by atoms with E-state index in [0.717, 1.165) is 17.7 Å². The first-order valence-corrected chi connectivity index (χ1v) is 4.45. The molecule has 0 aromatic heterocycles. The van der Waals surface area contributed by atoms with E-state index in [1.54, 1.807) is 0 Å². The van der Waals surface area contributed by atoms with E-state index in [2.05, 4.69) is 12.2 Å². The molecule has 0 spiro atoms. The van der Waals surface area contributed by atoms with E-state index < -0.39 is 0 Å². The summed E-state index contributed by atoms with van der Waals surface area (Å²) in [6.45, 7) is 3.96. The van der Waals surface area contributed by atoms with E-state index >= 15 is 0 Å². The lowest BCUT2D eigenvalue weighted by molar-refractivity contribution is -0.117. The smallest absolute Gasteiger partial charge is 0.221 e. The van der Waals surface area contributed by atoms with Crippen LogP contribution in [0.3, 0.4) is 0 Å². The second-order valence-corrected chi connectivity index (χ2v) is 2.78. The molecule has 0 saturated carbocycles. The number of amides is 1. The molecular formula is C10H18N2O. The van der Waals surface area contributed by atoms with Crippen LogP contribution >= 0.6 is 0 Å². The van der Waals surface area contributed by atoms with Gasteiger partial charge in [0.25, 0.3) is 0 Å². The molecule has 74 valence electrons. The highest BCUT2D eigenvalue weighted by molar-refractivity contribution is 5.77. The zero-order valence-corrected chi connectivity index (χ0v) is 8.55. The SMILES string of the molecule is C/C=C(\C=C(/CC)NC)CC(N)=O. The molecule has 0 aliphatic rings. The Labute approximate surface area is 79.7 Å². The summed E-state index contributed by atoms with van der Waals surface area (Å²) >= 11 is 0. The summed E-state index contributed by atoms with van der Waals surface area (Å²) in [5.74, 6) is -0.295. The van der Waals surface area contributed by atoms with E-state index in [1.807, 2.05) is 26.1 Å². The maximum atomic E-state index is 10.7. The Kier molecular flexibility index (Phi) is 5.68. The van der Waals surface area contributed by atoms with Crippen LogP contribution in [0, 0.1) is 0 Å². The van der Waals surface area contributed by atoms with Gasteiger partial charge in [-0.15, -0.1) is 0 Å². The van der Waals surface area contributed by atoms with E-state index in [1.165, 1.54) is 0 Å². The highest BCUT2D eigenvalue weighted by atomic mass is 16.1. The predicted octanol–water partition coefficient (Wildman–Crippen LogP) is 1.32. The van der Waals surface area contributed by atoms with Crippen LogP contribution in [0.25, 0.3) is 0 Å². The maximum Gasteiger partial charge on any atom is 0.221 e. The summed E-state index contributed by atoms with van der Waals surface area (Å²) < 4.78 is 0. The van der Waals surface area contributed by atoms with Crippen LogP contribution < -0.4 is 11.1 Å². The average Bonchev–Trinajstić information content (AvgIpc) is 2.11. The molecule has 0 aliphatic carbocycles. The first-order chi connectivity index (χ1) is 6.13. The van der Waals surface area contributed by atoms with Crippen molar-refractivity contribution in [2.75, 3.05) is 7.05 Å². The molecule has 3 N–H and O–H groups in total. The lowest BCUT2D eigenvalue weighted by Crippen LogP contribution is -2.12. The number of carbonyl (C=O) groups excluding carboxylic acids is 1. The Hall–Kier alpha value is -1.25. The summed E-state index contributed by atoms with van der Waals surface area (Å²) in [4.78, 5) is 10.7. The minimum absolute atomic E-state index is 0.295. The van der Waals surface area contributed by atoms with Crippen LogP contribution in [0.1, 0.15) is 26.7 Å². The van der Waals surface area contributed by atoms with E-state index in [9.17, 15) is 4.79 Å². The summed E-state index contributed by atoms with van der Waals surface area (Å²) in [5.41, 5.74) is 7.16. The number of primary amides is 1. The van der Waals surface area contributed by atoms with Crippen molar-refractivity contribution in [3.63, 3.8) is 0 Å². The van der Waals surface area contributed by atoms with Crippen molar-refractivity contribution in [1.82, 2.24) is 5.32 Å². The molecule has 0 saturated heterocycles. The van der Waals surface area contributed by atoms with Gasteiger partial charge >= 0.3 is 0 Å². The maximum absolute atomic E-state index is 10.7. The van der Waals surface area contributed by atoms with Gasteiger partial charge in [-0.05, 0) is 25.0 Å². The third kappa shape index (κ3) is 5.06. The predicted molar refractivity (Wildman–Crippen MR) is 55.0 cm³/mol. The van der Waals surface area contributed by atoms with Gasteiger partial charge in [-0.25, -0.2) is 0 Å². The van der Waals surface area contributed by atoms with Crippen molar-refractivity contribution in [2.24, 2.45) is 5.73 Å². The number of nitrogens with two attached hydrogens (primary N) is 1. The lowest BCUT2D eigenvalue weighted by Gasteiger charge is -2.04. The molecule has 0 heterocycles. The quantitative estimate of drug-likeness (QED) is 0.630. The molecule has 0 radical (unpaired) electrons. The summed E-state index contributed by atoms with van der Waals surface area (Å²) in [6.07, 6.45) is 5.09. The van der Waals surface area contributed by atoms with Crippen molar-refractivity contribution < 1.29 is 4.79 Å². The largest absolute Gasteiger partial charge is 0.391 e. The van der Waals surface area contributed by atoms with Crippen LogP contribution in [0.5, 0.6) is 0 Å². The fraction of sp³-hybridized carbons (Fsp3) is 0.500. The number of nitrogens with one attached hydrogen (secondary N) is 1. The zero-order chi connectivity index (χ0) is 10.3. The Morgan fingerprint density at radius 1 is 1.54 bits per heavy atom. The minimum Gasteiger partial charge on any atom is -0.391 e. The summed E-state index contributed by atoms with van der Waals surface area (Å²) in [7, 11) is 1.87. The highest BCUT2D eigenvalue weighted by Crippen LogP contribution is 2.07. The topological polar surface area (TPSA) is 55.1 Å². The van der Waals surface area contributed by atoms with Crippen molar-refractivity contribution in [1.29, 1.82) is 0 Å². The van der Waals surface area contributed by atoms with Crippen molar-refractivity contribution >= 4 is 5.91 Å². The van der Waals surface area contributed by atoms with Gasteiger partial charge in [-0.2, -0.15) is 0 Å². The standard InChI is InChI=1S/C10H18N2O/c1-4-8(7-10(11)13)6-9(5-2)12-3/h4,6,12H,5,7H2,1-3H3,(H2,11,13)/b8-4+,9-6+. The molecule has 0 aromatic carbocycles. The van der Waals surface area contributed by atoms with Crippen LogP contribution in [0.4, 0.5) is 0 Å². The summed E-state index contributed by atoms with van der Waals surface area (Å²) in [5, 5.41) is 3.06. The molecule has 0 unspecified atom stereocenters. The van der Waals surface area contributed by atoms with E-state index in [-0.39, 0.29) is 5.91 Å². The van der Waals surface area contributed by atoms with Crippen molar-refractivity contribution in [3.05, 3.63) is 23.4 Å².